The average Bonchev–Trinajstić information content (AvgIpc) is 2.28. The minimum Gasteiger partial charge on any atom is -0.493 e. The van der Waals surface area contributed by atoms with Crippen molar-refractivity contribution < 1.29 is 14.6 Å². The third-order valence-corrected chi connectivity index (χ3v) is 2.74. The standard InChI is InChI=1S/C14H20O3/c1-4-5-10(2)9-17-13-8-12(14(15)16)7-6-11(13)3/h6-8,10H,4-5,9H2,1-3H3,(H,15,16). The van der Waals surface area contributed by atoms with E-state index in [0.717, 1.165) is 18.4 Å². The van der Waals surface area contributed by atoms with Crippen molar-refractivity contribution in [2.24, 2.45) is 5.92 Å². The van der Waals surface area contributed by atoms with Crippen molar-refractivity contribution in [2.45, 2.75) is 33.6 Å². The van der Waals surface area contributed by atoms with Gasteiger partial charge in [0, 0.05) is 0 Å². The van der Waals surface area contributed by atoms with Gasteiger partial charge < -0.3 is 9.84 Å². The molecule has 0 aliphatic rings. The quantitative estimate of drug-likeness (QED) is 0.822. The monoisotopic (exact) mass is 236 g/mol. The lowest BCUT2D eigenvalue weighted by Gasteiger charge is -2.14. The molecule has 0 saturated carbocycles. The highest BCUT2D eigenvalue weighted by atomic mass is 16.5. The molecule has 0 aliphatic carbocycles. The lowest BCUT2D eigenvalue weighted by Crippen LogP contribution is -2.09. The Morgan fingerprint density at radius 2 is 2.18 bits per heavy atom. The van der Waals surface area contributed by atoms with Gasteiger partial charge in [-0.3, -0.25) is 0 Å². The Hall–Kier alpha value is -1.51. The fraction of sp³-hybridized carbons (Fsp3) is 0.500. The summed E-state index contributed by atoms with van der Waals surface area (Å²) in [5.74, 6) is 0.247. The molecule has 94 valence electrons. The molecule has 1 atom stereocenters. The Morgan fingerprint density at radius 1 is 1.47 bits per heavy atom. The van der Waals surface area contributed by atoms with Crippen LogP contribution in [0.5, 0.6) is 5.75 Å². The first-order valence-electron chi connectivity index (χ1n) is 6.01. The summed E-state index contributed by atoms with van der Waals surface area (Å²) in [7, 11) is 0. The van der Waals surface area contributed by atoms with E-state index in [1.165, 1.54) is 0 Å². The van der Waals surface area contributed by atoms with Crippen molar-refractivity contribution in [3.05, 3.63) is 29.3 Å². The van der Waals surface area contributed by atoms with E-state index in [4.69, 9.17) is 9.84 Å². The van der Waals surface area contributed by atoms with Gasteiger partial charge in [-0.25, -0.2) is 4.79 Å². The topological polar surface area (TPSA) is 46.5 Å². The molecule has 0 aromatic heterocycles. The van der Waals surface area contributed by atoms with Gasteiger partial charge in [0.05, 0.1) is 12.2 Å². The lowest BCUT2D eigenvalue weighted by molar-refractivity contribution is 0.0696. The second-order valence-corrected chi connectivity index (χ2v) is 4.49. The number of hydrogen-bond acceptors (Lipinski definition) is 2. The van der Waals surface area contributed by atoms with Crippen LogP contribution in [-0.2, 0) is 0 Å². The molecule has 0 bridgehead atoms. The second-order valence-electron chi connectivity index (χ2n) is 4.49. The normalized spacial score (nSPS) is 12.2. The van der Waals surface area contributed by atoms with Crippen molar-refractivity contribution in [2.75, 3.05) is 6.61 Å². The fourth-order valence-electron chi connectivity index (χ4n) is 1.70. The number of benzene rings is 1. The van der Waals surface area contributed by atoms with E-state index in [9.17, 15) is 4.79 Å². The molecule has 3 heteroatoms. The summed E-state index contributed by atoms with van der Waals surface area (Å²) < 4.78 is 5.68. The molecule has 0 aliphatic heterocycles. The maximum atomic E-state index is 10.8. The summed E-state index contributed by atoms with van der Waals surface area (Å²) in [6.07, 6.45) is 2.26. The Labute approximate surface area is 102 Å². The largest absolute Gasteiger partial charge is 0.493 e. The third-order valence-electron chi connectivity index (χ3n) is 2.74. The Kier molecular flexibility index (Phi) is 5.01. The molecule has 1 aromatic carbocycles. The molecule has 17 heavy (non-hydrogen) atoms. The third kappa shape index (κ3) is 4.10. The molecule has 1 N–H and O–H groups in total. The van der Waals surface area contributed by atoms with Crippen LogP contribution in [0.2, 0.25) is 0 Å². The Morgan fingerprint density at radius 3 is 2.76 bits per heavy atom. The van der Waals surface area contributed by atoms with Crippen molar-refractivity contribution >= 4 is 5.97 Å². The zero-order valence-corrected chi connectivity index (χ0v) is 10.7. The van der Waals surface area contributed by atoms with Gasteiger partial charge in [-0.15, -0.1) is 0 Å². The molecule has 3 nitrogen and oxygen atoms in total. The van der Waals surface area contributed by atoms with E-state index in [-0.39, 0.29) is 5.56 Å². The second kappa shape index (κ2) is 6.28. The van der Waals surface area contributed by atoms with Gasteiger partial charge >= 0.3 is 5.97 Å². The summed E-state index contributed by atoms with van der Waals surface area (Å²) in [6.45, 7) is 6.84. The number of carboxylic acid groups (broad SMARTS) is 1. The summed E-state index contributed by atoms with van der Waals surface area (Å²) >= 11 is 0. The van der Waals surface area contributed by atoms with Gasteiger partial charge in [-0.2, -0.15) is 0 Å². The molecule has 0 spiro atoms. The maximum absolute atomic E-state index is 10.8. The number of aromatic carboxylic acids is 1. The number of ether oxygens (including phenoxy) is 1. The van der Waals surface area contributed by atoms with Crippen LogP contribution in [-0.4, -0.2) is 17.7 Å². The molecule has 1 aromatic rings. The van der Waals surface area contributed by atoms with Crippen LogP contribution < -0.4 is 4.74 Å². The first-order chi connectivity index (χ1) is 8.04. The molecule has 1 rings (SSSR count). The highest BCUT2D eigenvalue weighted by molar-refractivity contribution is 5.88. The molecule has 0 radical (unpaired) electrons. The van der Waals surface area contributed by atoms with Gasteiger partial charge in [0.1, 0.15) is 5.75 Å². The van der Waals surface area contributed by atoms with Crippen LogP contribution in [0.3, 0.4) is 0 Å². The van der Waals surface area contributed by atoms with E-state index in [1.807, 2.05) is 6.92 Å². The smallest absolute Gasteiger partial charge is 0.335 e. The zero-order valence-electron chi connectivity index (χ0n) is 10.7. The summed E-state index contributed by atoms with van der Waals surface area (Å²) in [5.41, 5.74) is 1.24. The highest BCUT2D eigenvalue weighted by Crippen LogP contribution is 2.21. The van der Waals surface area contributed by atoms with E-state index < -0.39 is 5.97 Å². The van der Waals surface area contributed by atoms with E-state index in [2.05, 4.69) is 13.8 Å². The number of rotatable bonds is 6. The van der Waals surface area contributed by atoms with Gasteiger partial charge in [0.25, 0.3) is 0 Å². The van der Waals surface area contributed by atoms with Crippen molar-refractivity contribution in [3.63, 3.8) is 0 Å². The molecule has 0 amide bonds. The molecule has 0 fully saturated rings. The van der Waals surface area contributed by atoms with E-state index in [1.54, 1.807) is 18.2 Å². The number of hydrogen-bond donors (Lipinski definition) is 1. The van der Waals surface area contributed by atoms with Gasteiger partial charge in [-0.1, -0.05) is 26.3 Å². The minimum atomic E-state index is -0.920. The minimum absolute atomic E-state index is 0.272. The number of carboxylic acids is 1. The van der Waals surface area contributed by atoms with Crippen LogP contribution in [0.25, 0.3) is 0 Å². The average molecular weight is 236 g/mol. The SMILES string of the molecule is CCCC(C)COc1cc(C(=O)O)ccc1C. The van der Waals surface area contributed by atoms with Gasteiger partial charge in [-0.05, 0) is 37.0 Å². The van der Waals surface area contributed by atoms with Crippen molar-refractivity contribution in [1.29, 1.82) is 0 Å². The molecular weight excluding hydrogens is 216 g/mol. The van der Waals surface area contributed by atoms with Gasteiger partial charge in [0.2, 0.25) is 0 Å². The molecule has 0 heterocycles. The molecule has 0 saturated heterocycles. The van der Waals surface area contributed by atoms with Crippen LogP contribution in [0.15, 0.2) is 18.2 Å². The van der Waals surface area contributed by atoms with E-state index >= 15 is 0 Å². The summed E-state index contributed by atoms with van der Waals surface area (Å²) in [6, 6.07) is 4.97. The predicted molar refractivity (Wildman–Crippen MR) is 67.7 cm³/mol. The number of carbonyl (C=O) groups is 1. The van der Waals surface area contributed by atoms with Gasteiger partial charge in [0.15, 0.2) is 0 Å². The van der Waals surface area contributed by atoms with Crippen LogP contribution >= 0.6 is 0 Å². The van der Waals surface area contributed by atoms with Crippen molar-refractivity contribution in [1.82, 2.24) is 0 Å². The summed E-state index contributed by atoms with van der Waals surface area (Å²) in [4.78, 5) is 10.8. The molecular formula is C14H20O3. The maximum Gasteiger partial charge on any atom is 0.335 e. The lowest BCUT2D eigenvalue weighted by atomic mass is 10.1. The van der Waals surface area contributed by atoms with Crippen LogP contribution in [0.4, 0.5) is 0 Å². The Balaban J connectivity index is 2.69. The fourth-order valence-corrected chi connectivity index (χ4v) is 1.70. The highest BCUT2D eigenvalue weighted by Gasteiger charge is 2.08. The van der Waals surface area contributed by atoms with Crippen LogP contribution in [0, 0.1) is 12.8 Å². The first-order valence-corrected chi connectivity index (χ1v) is 6.01. The van der Waals surface area contributed by atoms with Crippen LogP contribution in [0.1, 0.15) is 42.6 Å². The zero-order chi connectivity index (χ0) is 12.8. The Bertz CT molecular complexity index is 385. The first kappa shape index (κ1) is 13.6. The number of aryl methyl sites for hydroxylation is 1. The van der Waals surface area contributed by atoms with E-state index in [0.29, 0.717) is 18.3 Å². The predicted octanol–water partition coefficient (Wildman–Crippen LogP) is 3.51. The summed E-state index contributed by atoms with van der Waals surface area (Å²) in [5, 5.41) is 8.91. The molecule has 1 unspecified atom stereocenters. The van der Waals surface area contributed by atoms with Crippen molar-refractivity contribution in [3.8, 4) is 5.75 Å².